The van der Waals surface area contributed by atoms with E-state index in [1.165, 1.54) is 13.2 Å². The van der Waals surface area contributed by atoms with Crippen LogP contribution in [-0.2, 0) is 20.7 Å². The second-order valence-corrected chi connectivity index (χ2v) is 7.24. The Kier molecular flexibility index (Phi) is 6.17. The van der Waals surface area contributed by atoms with Crippen molar-refractivity contribution >= 4 is 23.5 Å². The van der Waals surface area contributed by atoms with Crippen molar-refractivity contribution in [2.24, 2.45) is 0 Å². The van der Waals surface area contributed by atoms with Crippen LogP contribution < -0.4 is 10.1 Å². The number of hydrogen-bond acceptors (Lipinski definition) is 6. The predicted molar refractivity (Wildman–Crippen MR) is 117 cm³/mol. The van der Waals surface area contributed by atoms with Gasteiger partial charge >= 0.3 is 11.9 Å². The van der Waals surface area contributed by atoms with Crippen molar-refractivity contribution in [2.45, 2.75) is 12.5 Å². The zero-order valence-electron chi connectivity index (χ0n) is 17.4. The van der Waals surface area contributed by atoms with Gasteiger partial charge in [0.1, 0.15) is 11.9 Å². The third-order valence-electron chi connectivity index (χ3n) is 5.07. The molecule has 1 heterocycles. The highest BCUT2D eigenvalue weighted by Crippen LogP contribution is 2.31. The van der Waals surface area contributed by atoms with Crippen molar-refractivity contribution < 1.29 is 28.6 Å². The molecule has 32 heavy (non-hydrogen) atoms. The zero-order valence-corrected chi connectivity index (χ0v) is 17.4. The average Bonchev–Trinajstić information content (AvgIpc) is 2.82. The number of rotatable bonds is 6. The van der Waals surface area contributed by atoms with Crippen molar-refractivity contribution in [1.82, 2.24) is 0 Å². The molecule has 162 valence electrons. The normalized spacial score (nSPS) is 14.7. The Morgan fingerprint density at radius 1 is 1.03 bits per heavy atom. The standard InChI is InChI=1S/C25H21NO6/c1-30-20-9-5-8-19(14-20)26-23(27)15-31-24(28)17-10-11-21-18(12-17)13-22(32-25(21)29)16-6-3-2-4-7-16/h2-12,14,22H,13,15H2,1H3,(H,26,27). The van der Waals surface area contributed by atoms with Crippen LogP contribution in [0.15, 0.2) is 72.8 Å². The second kappa shape index (κ2) is 9.34. The zero-order chi connectivity index (χ0) is 22.5. The molecule has 1 unspecified atom stereocenters. The third kappa shape index (κ3) is 4.78. The van der Waals surface area contributed by atoms with Gasteiger partial charge in [0.25, 0.3) is 5.91 Å². The Morgan fingerprint density at radius 2 is 1.84 bits per heavy atom. The molecule has 7 nitrogen and oxygen atoms in total. The van der Waals surface area contributed by atoms with E-state index < -0.39 is 30.6 Å². The van der Waals surface area contributed by atoms with Crippen LogP contribution in [-0.4, -0.2) is 31.6 Å². The highest BCUT2D eigenvalue weighted by molar-refractivity contribution is 5.97. The number of carbonyl (C=O) groups is 3. The smallest absolute Gasteiger partial charge is 0.339 e. The molecule has 0 saturated heterocycles. The van der Waals surface area contributed by atoms with Gasteiger partial charge in [-0.3, -0.25) is 4.79 Å². The van der Waals surface area contributed by atoms with Crippen LogP contribution in [0.2, 0.25) is 0 Å². The summed E-state index contributed by atoms with van der Waals surface area (Å²) >= 11 is 0. The second-order valence-electron chi connectivity index (χ2n) is 7.24. The first-order valence-electron chi connectivity index (χ1n) is 10.0. The summed E-state index contributed by atoms with van der Waals surface area (Å²) in [6, 6.07) is 20.9. The Balaban J connectivity index is 1.40. The van der Waals surface area contributed by atoms with E-state index in [-0.39, 0.29) is 5.56 Å². The number of benzene rings is 3. The number of anilines is 1. The molecule has 3 aromatic rings. The minimum atomic E-state index is -0.649. The van der Waals surface area contributed by atoms with E-state index >= 15 is 0 Å². The number of nitrogens with one attached hydrogen (secondary N) is 1. The van der Waals surface area contributed by atoms with Gasteiger partial charge in [0.2, 0.25) is 0 Å². The lowest BCUT2D eigenvalue weighted by Crippen LogP contribution is -2.23. The largest absolute Gasteiger partial charge is 0.497 e. The van der Waals surface area contributed by atoms with Gasteiger partial charge in [-0.25, -0.2) is 9.59 Å². The van der Waals surface area contributed by atoms with Gasteiger partial charge in [0.15, 0.2) is 6.61 Å². The molecule has 0 spiro atoms. The fourth-order valence-corrected chi connectivity index (χ4v) is 3.49. The molecule has 1 amide bonds. The number of esters is 2. The van der Waals surface area contributed by atoms with E-state index in [2.05, 4.69) is 5.32 Å². The monoisotopic (exact) mass is 431 g/mol. The molecule has 0 aromatic heterocycles. The summed E-state index contributed by atoms with van der Waals surface area (Å²) in [6.45, 7) is -0.443. The van der Waals surface area contributed by atoms with Gasteiger partial charge in [0.05, 0.1) is 18.2 Å². The minimum Gasteiger partial charge on any atom is -0.497 e. The van der Waals surface area contributed by atoms with Gasteiger partial charge in [-0.15, -0.1) is 0 Å². The van der Waals surface area contributed by atoms with Crippen molar-refractivity contribution in [2.75, 3.05) is 19.0 Å². The van der Waals surface area contributed by atoms with Gasteiger partial charge in [0, 0.05) is 18.2 Å². The van der Waals surface area contributed by atoms with Crippen molar-refractivity contribution in [1.29, 1.82) is 0 Å². The third-order valence-corrected chi connectivity index (χ3v) is 5.07. The highest BCUT2D eigenvalue weighted by atomic mass is 16.5. The van der Waals surface area contributed by atoms with Crippen molar-refractivity contribution in [3.8, 4) is 5.75 Å². The molecule has 7 heteroatoms. The molecule has 0 aliphatic carbocycles. The van der Waals surface area contributed by atoms with E-state index in [0.717, 1.165) is 5.56 Å². The lowest BCUT2D eigenvalue weighted by molar-refractivity contribution is -0.119. The average molecular weight is 431 g/mol. The topological polar surface area (TPSA) is 90.9 Å². The quantitative estimate of drug-likeness (QED) is 0.595. The summed E-state index contributed by atoms with van der Waals surface area (Å²) in [6.07, 6.45) is 0.0267. The summed E-state index contributed by atoms with van der Waals surface area (Å²) in [5.74, 6) is -0.958. The van der Waals surface area contributed by atoms with E-state index in [1.54, 1.807) is 36.4 Å². The molecule has 4 rings (SSSR count). The first-order valence-corrected chi connectivity index (χ1v) is 10.0. The van der Waals surface area contributed by atoms with E-state index in [9.17, 15) is 14.4 Å². The molecule has 3 aromatic carbocycles. The van der Waals surface area contributed by atoms with Gasteiger partial charge < -0.3 is 19.5 Å². The maximum atomic E-state index is 12.5. The number of fused-ring (bicyclic) bond motifs is 1. The van der Waals surface area contributed by atoms with Crippen LogP contribution in [0.25, 0.3) is 0 Å². The summed E-state index contributed by atoms with van der Waals surface area (Å²) < 4.78 is 15.8. The number of amides is 1. The van der Waals surface area contributed by atoms with Crippen molar-refractivity contribution in [3.63, 3.8) is 0 Å². The molecule has 1 N–H and O–H groups in total. The van der Waals surface area contributed by atoms with Crippen LogP contribution in [0, 0.1) is 0 Å². The number of hydrogen-bond donors (Lipinski definition) is 1. The maximum absolute atomic E-state index is 12.5. The fourth-order valence-electron chi connectivity index (χ4n) is 3.49. The van der Waals surface area contributed by atoms with E-state index in [1.807, 2.05) is 30.3 Å². The molecule has 0 fully saturated rings. The number of cyclic esters (lactones) is 1. The van der Waals surface area contributed by atoms with Crippen LogP contribution in [0.3, 0.4) is 0 Å². The molecule has 1 aliphatic heterocycles. The molecule has 0 saturated carbocycles. The van der Waals surface area contributed by atoms with E-state index in [0.29, 0.717) is 29.0 Å². The Labute approximate surface area is 184 Å². The van der Waals surface area contributed by atoms with Crippen LogP contribution in [0.4, 0.5) is 5.69 Å². The highest BCUT2D eigenvalue weighted by Gasteiger charge is 2.28. The minimum absolute atomic E-state index is 0.263. The van der Waals surface area contributed by atoms with Crippen molar-refractivity contribution in [3.05, 3.63) is 95.1 Å². The Morgan fingerprint density at radius 3 is 2.62 bits per heavy atom. The Bertz CT molecular complexity index is 1160. The first kappa shape index (κ1) is 21.1. The van der Waals surface area contributed by atoms with Gasteiger partial charge in [-0.2, -0.15) is 0 Å². The maximum Gasteiger partial charge on any atom is 0.339 e. The van der Waals surface area contributed by atoms with Gasteiger partial charge in [-0.05, 0) is 41.5 Å². The lowest BCUT2D eigenvalue weighted by Gasteiger charge is -2.25. The number of methoxy groups -OCH3 is 1. The Hall–Kier alpha value is -4.13. The number of carbonyl (C=O) groups excluding carboxylic acids is 3. The molecule has 1 aliphatic rings. The molecule has 0 bridgehead atoms. The summed E-state index contributed by atoms with van der Waals surface area (Å²) in [4.78, 5) is 37.0. The summed E-state index contributed by atoms with van der Waals surface area (Å²) in [5.41, 5.74) is 2.80. The fraction of sp³-hybridized carbons (Fsp3) is 0.160. The SMILES string of the molecule is COc1cccc(NC(=O)COC(=O)c2ccc3c(c2)CC(c2ccccc2)OC3=O)c1. The molecule has 0 radical (unpaired) electrons. The van der Waals surface area contributed by atoms with Gasteiger partial charge in [-0.1, -0.05) is 36.4 Å². The number of ether oxygens (including phenoxy) is 3. The van der Waals surface area contributed by atoms with Crippen LogP contribution >= 0.6 is 0 Å². The molecular weight excluding hydrogens is 410 g/mol. The summed E-state index contributed by atoms with van der Waals surface area (Å²) in [5, 5.41) is 2.65. The lowest BCUT2D eigenvalue weighted by atomic mass is 9.93. The summed E-state index contributed by atoms with van der Waals surface area (Å²) in [7, 11) is 1.53. The van der Waals surface area contributed by atoms with E-state index in [4.69, 9.17) is 14.2 Å². The van der Waals surface area contributed by atoms with Crippen LogP contribution in [0.1, 0.15) is 37.9 Å². The van der Waals surface area contributed by atoms with Crippen LogP contribution in [0.5, 0.6) is 5.75 Å². The molecular formula is C25H21NO6. The predicted octanol–water partition coefficient (Wildman–Crippen LogP) is 3.94. The molecule has 1 atom stereocenters. The first-order chi connectivity index (χ1) is 15.5.